The number of hydrogen-bond donors (Lipinski definition) is 1. The van der Waals surface area contributed by atoms with Gasteiger partial charge in [0.1, 0.15) is 0 Å². The molecule has 3 saturated heterocycles. The first kappa shape index (κ1) is 18.0. The van der Waals surface area contributed by atoms with Crippen LogP contribution < -0.4 is 5.32 Å². The second-order valence-electron chi connectivity index (χ2n) is 6.73. The molecule has 1 amide bonds. The minimum Gasteiger partial charge on any atom is -0.381 e. The number of piperazine rings is 1. The molecular weight excluding hydrogens is 302 g/mol. The summed E-state index contributed by atoms with van der Waals surface area (Å²) in [7, 11) is 0. The van der Waals surface area contributed by atoms with Gasteiger partial charge in [0.05, 0.1) is 5.41 Å². The molecule has 1 unspecified atom stereocenters. The van der Waals surface area contributed by atoms with E-state index in [2.05, 4.69) is 22.0 Å². The third kappa shape index (κ3) is 3.58. The van der Waals surface area contributed by atoms with Gasteiger partial charge in [-0.1, -0.05) is 6.92 Å². The fourth-order valence-electron chi connectivity index (χ4n) is 4.09. The fraction of sp³-hybridized carbons (Fsp3) is 0.938. The third-order valence-corrected chi connectivity index (χ3v) is 5.70. The average Bonchev–Trinajstić information content (AvgIpc) is 3.05. The second-order valence-corrected chi connectivity index (χ2v) is 6.73. The molecule has 3 aliphatic rings. The standard InChI is InChI=1S/C16H29N3O2.ClH/c1-2-16(4-11-21-12-5-16)15(20)19-8-3-14(13-19)18-9-6-17-7-10-18;/h14,17H,2-13H2,1H3;1H. The summed E-state index contributed by atoms with van der Waals surface area (Å²) in [6, 6.07) is 0.574. The molecule has 0 aromatic heterocycles. The largest absolute Gasteiger partial charge is 0.381 e. The van der Waals surface area contributed by atoms with Crippen molar-refractivity contribution in [3.8, 4) is 0 Å². The molecule has 3 heterocycles. The van der Waals surface area contributed by atoms with E-state index in [1.807, 2.05) is 0 Å². The van der Waals surface area contributed by atoms with E-state index < -0.39 is 0 Å². The van der Waals surface area contributed by atoms with Gasteiger partial charge in [0.2, 0.25) is 5.91 Å². The van der Waals surface area contributed by atoms with Gasteiger partial charge in [-0.05, 0) is 25.7 Å². The van der Waals surface area contributed by atoms with Gasteiger partial charge in [-0.2, -0.15) is 0 Å². The van der Waals surface area contributed by atoms with E-state index in [-0.39, 0.29) is 17.8 Å². The molecule has 3 aliphatic heterocycles. The molecule has 0 saturated carbocycles. The van der Waals surface area contributed by atoms with E-state index in [4.69, 9.17) is 4.74 Å². The molecule has 22 heavy (non-hydrogen) atoms. The predicted molar refractivity (Wildman–Crippen MR) is 89.5 cm³/mol. The van der Waals surface area contributed by atoms with Gasteiger partial charge in [-0.15, -0.1) is 12.4 Å². The lowest BCUT2D eigenvalue weighted by molar-refractivity contribution is -0.147. The van der Waals surface area contributed by atoms with Crippen molar-refractivity contribution in [2.45, 2.75) is 38.6 Å². The zero-order valence-corrected chi connectivity index (χ0v) is 14.5. The van der Waals surface area contributed by atoms with Crippen molar-refractivity contribution in [2.75, 3.05) is 52.5 Å². The van der Waals surface area contributed by atoms with Crippen LogP contribution in [0.4, 0.5) is 0 Å². The molecule has 3 fully saturated rings. The van der Waals surface area contributed by atoms with Crippen molar-refractivity contribution in [2.24, 2.45) is 5.41 Å². The molecule has 0 aromatic carbocycles. The van der Waals surface area contributed by atoms with Crippen LogP contribution in [0, 0.1) is 5.41 Å². The van der Waals surface area contributed by atoms with Crippen molar-refractivity contribution < 1.29 is 9.53 Å². The topological polar surface area (TPSA) is 44.8 Å². The Hall–Kier alpha value is -0.360. The highest BCUT2D eigenvalue weighted by molar-refractivity contribution is 5.85. The number of nitrogens with zero attached hydrogens (tertiary/aromatic N) is 2. The monoisotopic (exact) mass is 331 g/mol. The molecule has 6 heteroatoms. The van der Waals surface area contributed by atoms with E-state index in [9.17, 15) is 4.79 Å². The normalized spacial score (nSPS) is 29.1. The molecule has 1 atom stereocenters. The maximum absolute atomic E-state index is 13.0. The molecule has 3 rings (SSSR count). The van der Waals surface area contributed by atoms with E-state index in [0.717, 1.165) is 78.2 Å². The first-order valence-electron chi connectivity index (χ1n) is 8.57. The van der Waals surface area contributed by atoms with Crippen molar-refractivity contribution in [1.82, 2.24) is 15.1 Å². The Morgan fingerprint density at radius 3 is 2.55 bits per heavy atom. The smallest absolute Gasteiger partial charge is 0.229 e. The fourth-order valence-corrected chi connectivity index (χ4v) is 4.09. The molecule has 0 bridgehead atoms. The van der Waals surface area contributed by atoms with Crippen LogP contribution in [-0.4, -0.2) is 74.2 Å². The van der Waals surface area contributed by atoms with Crippen LogP contribution >= 0.6 is 12.4 Å². The summed E-state index contributed by atoms with van der Waals surface area (Å²) in [6.07, 6.45) is 3.89. The number of carbonyl (C=O) groups excluding carboxylic acids is 1. The minimum absolute atomic E-state index is 0. The first-order valence-corrected chi connectivity index (χ1v) is 8.57. The Bertz CT molecular complexity index is 368. The van der Waals surface area contributed by atoms with Crippen molar-refractivity contribution >= 4 is 18.3 Å². The molecular formula is C16H30ClN3O2. The van der Waals surface area contributed by atoms with E-state index in [0.29, 0.717) is 11.9 Å². The van der Waals surface area contributed by atoms with Gasteiger partial charge in [-0.25, -0.2) is 0 Å². The van der Waals surface area contributed by atoms with Crippen LogP contribution in [0.1, 0.15) is 32.6 Å². The van der Waals surface area contributed by atoms with Crippen LogP contribution in [0.15, 0.2) is 0 Å². The molecule has 1 N–H and O–H groups in total. The van der Waals surface area contributed by atoms with Gasteiger partial charge in [0, 0.05) is 58.5 Å². The van der Waals surface area contributed by atoms with Crippen molar-refractivity contribution in [3.05, 3.63) is 0 Å². The van der Waals surface area contributed by atoms with Gasteiger partial charge in [-0.3, -0.25) is 9.69 Å². The van der Waals surface area contributed by atoms with E-state index >= 15 is 0 Å². The zero-order chi connectivity index (χ0) is 14.7. The summed E-state index contributed by atoms with van der Waals surface area (Å²) in [5, 5.41) is 3.40. The van der Waals surface area contributed by atoms with Crippen molar-refractivity contribution in [1.29, 1.82) is 0 Å². The summed E-state index contributed by atoms with van der Waals surface area (Å²) in [6.45, 7) is 9.94. The maximum atomic E-state index is 13.0. The highest BCUT2D eigenvalue weighted by Crippen LogP contribution is 2.37. The number of amides is 1. The number of halogens is 1. The Labute approximate surface area is 140 Å². The van der Waals surface area contributed by atoms with Gasteiger partial charge < -0.3 is 15.0 Å². The number of rotatable bonds is 3. The highest BCUT2D eigenvalue weighted by atomic mass is 35.5. The number of carbonyl (C=O) groups is 1. The minimum atomic E-state index is -0.142. The maximum Gasteiger partial charge on any atom is 0.229 e. The zero-order valence-electron chi connectivity index (χ0n) is 13.7. The molecule has 0 radical (unpaired) electrons. The molecule has 0 aromatic rings. The Morgan fingerprint density at radius 2 is 1.91 bits per heavy atom. The predicted octanol–water partition coefficient (Wildman–Crippen LogP) is 1.12. The number of nitrogens with one attached hydrogen (secondary N) is 1. The van der Waals surface area contributed by atoms with Crippen LogP contribution in [-0.2, 0) is 9.53 Å². The lowest BCUT2D eigenvalue weighted by Crippen LogP contribution is -2.50. The van der Waals surface area contributed by atoms with Crippen molar-refractivity contribution in [3.63, 3.8) is 0 Å². The Morgan fingerprint density at radius 1 is 1.23 bits per heavy atom. The Kier molecular flexibility index (Phi) is 6.50. The summed E-state index contributed by atoms with van der Waals surface area (Å²) in [5.41, 5.74) is -0.142. The lowest BCUT2D eigenvalue weighted by atomic mass is 9.76. The lowest BCUT2D eigenvalue weighted by Gasteiger charge is -2.38. The molecule has 0 spiro atoms. The van der Waals surface area contributed by atoms with Crippen LogP contribution in [0.5, 0.6) is 0 Å². The second kappa shape index (κ2) is 7.95. The Balaban J connectivity index is 0.00000176. The number of likely N-dealkylation sites (tertiary alicyclic amines) is 1. The average molecular weight is 332 g/mol. The highest BCUT2D eigenvalue weighted by Gasteiger charge is 2.43. The van der Waals surface area contributed by atoms with Crippen LogP contribution in [0.25, 0.3) is 0 Å². The summed E-state index contributed by atoms with van der Waals surface area (Å²) in [4.78, 5) is 17.7. The van der Waals surface area contributed by atoms with Gasteiger partial charge in [0.25, 0.3) is 0 Å². The first-order chi connectivity index (χ1) is 10.2. The van der Waals surface area contributed by atoms with Crippen LogP contribution in [0.3, 0.4) is 0 Å². The molecule has 128 valence electrons. The summed E-state index contributed by atoms with van der Waals surface area (Å²) >= 11 is 0. The van der Waals surface area contributed by atoms with Crippen LogP contribution in [0.2, 0.25) is 0 Å². The van der Waals surface area contributed by atoms with Gasteiger partial charge in [0.15, 0.2) is 0 Å². The summed E-state index contributed by atoms with van der Waals surface area (Å²) < 4.78 is 5.47. The number of hydrogen-bond acceptors (Lipinski definition) is 4. The molecule has 0 aliphatic carbocycles. The SMILES string of the molecule is CCC1(C(=O)N2CCC(N3CCNCC3)C2)CCOCC1.Cl. The summed E-state index contributed by atoms with van der Waals surface area (Å²) in [5.74, 6) is 0.394. The van der Waals surface area contributed by atoms with Gasteiger partial charge >= 0.3 is 0 Å². The quantitative estimate of drug-likeness (QED) is 0.842. The molecule has 5 nitrogen and oxygen atoms in total. The number of ether oxygens (including phenoxy) is 1. The third-order valence-electron chi connectivity index (χ3n) is 5.70. The van der Waals surface area contributed by atoms with E-state index in [1.54, 1.807) is 0 Å². The van der Waals surface area contributed by atoms with E-state index in [1.165, 1.54) is 0 Å².